The maximum atomic E-state index is 12.6. The lowest BCUT2D eigenvalue weighted by Crippen LogP contribution is -1.97. The Labute approximate surface area is 79.7 Å². The zero-order valence-electron chi connectivity index (χ0n) is 5.57. The molecular weight excluding hydrogens is 284 g/mol. The van der Waals surface area contributed by atoms with Gasteiger partial charge in [0.05, 0.1) is 5.56 Å². The Morgan fingerprint density at radius 1 is 1.08 bits per heavy atom. The van der Waals surface area contributed by atoms with Crippen LogP contribution >= 0.6 is 22.6 Å². The maximum absolute atomic E-state index is 12.6. The fourth-order valence-electron chi connectivity index (χ4n) is 0.673. The summed E-state index contributed by atoms with van der Waals surface area (Å²) in [5.74, 6) is -3.57. The van der Waals surface area contributed by atoms with Crippen LogP contribution in [0.4, 0.5) is 13.2 Å². The van der Waals surface area contributed by atoms with Gasteiger partial charge in [-0.15, -0.1) is 0 Å². The molecule has 1 rings (SSSR count). The summed E-state index contributed by atoms with van der Waals surface area (Å²) < 4.78 is 36.7. The summed E-state index contributed by atoms with van der Waals surface area (Å²) in [7, 11) is 0. The summed E-state index contributed by atoms with van der Waals surface area (Å²) >= 11 is 1.29. The van der Waals surface area contributed by atoms with Crippen molar-refractivity contribution in [3.05, 3.63) is 35.1 Å². The molecule has 0 aliphatic carbocycles. The molecule has 1 aromatic carbocycles. The quantitative estimate of drug-likeness (QED) is 0.440. The first-order valence-corrected chi connectivity index (χ1v) is 3.94. The average molecular weight is 286 g/mol. The number of rotatable bonds is 1. The average Bonchev–Trinajstić information content (AvgIpc) is 1.96. The predicted octanol–water partition coefficient (Wildman–Crippen LogP) is 2.68. The number of hydrogen-bond donors (Lipinski definition) is 0. The van der Waals surface area contributed by atoms with Crippen LogP contribution in [0.25, 0.3) is 0 Å². The van der Waals surface area contributed by atoms with E-state index in [9.17, 15) is 18.0 Å². The Bertz CT molecular complexity index is 338. The molecule has 0 aliphatic rings. The van der Waals surface area contributed by atoms with Crippen LogP contribution in [0.1, 0.15) is 10.4 Å². The van der Waals surface area contributed by atoms with E-state index in [-0.39, 0.29) is 0 Å². The first-order valence-electron chi connectivity index (χ1n) is 2.86. The van der Waals surface area contributed by atoms with Crippen molar-refractivity contribution in [1.82, 2.24) is 0 Å². The van der Waals surface area contributed by atoms with Gasteiger partial charge >= 0.3 is 0 Å². The lowest BCUT2D eigenvalue weighted by molar-refractivity contribution is 0.110. The van der Waals surface area contributed by atoms with Gasteiger partial charge in [-0.25, -0.2) is 13.2 Å². The smallest absolute Gasteiger partial charge is 0.225 e. The third-order valence-electron chi connectivity index (χ3n) is 1.22. The van der Waals surface area contributed by atoms with Gasteiger partial charge in [0.1, 0.15) is 5.82 Å². The second-order valence-electron chi connectivity index (χ2n) is 2.02. The van der Waals surface area contributed by atoms with Crippen LogP contribution < -0.4 is 0 Å². The van der Waals surface area contributed by atoms with E-state index in [2.05, 4.69) is 0 Å². The van der Waals surface area contributed by atoms with Gasteiger partial charge in [-0.05, 0) is 6.07 Å². The van der Waals surface area contributed by atoms with Crippen LogP contribution in [0.3, 0.4) is 0 Å². The van der Waals surface area contributed by atoms with Crippen LogP contribution in [-0.4, -0.2) is 3.79 Å². The zero-order chi connectivity index (χ0) is 9.30. The molecule has 0 spiro atoms. The second-order valence-corrected chi connectivity index (χ2v) is 3.00. The number of carbonyl (C=O) groups excluding carboxylic acids is 1. The maximum Gasteiger partial charge on any atom is 0.225 e. The molecule has 0 saturated carbocycles. The molecule has 5 heteroatoms. The minimum absolute atomic E-state index is 0.348. The monoisotopic (exact) mass is 286 g/mol. The third-order valence-corrected chi connectivity index (χ3v) is 1.80. The van der Waals surface area contributed by atoms with Crippen molar-refractivity contribution in [2.24, 2.45) is 0 Å². The summed E-state index contributed by atoms with van der Waals surface area (Å²) in [5, 5.41) is 0. The number of hydrogen-bond acceptors (Lipinski definition) is 1. The molecule has 0 saturated heterocycles. The van der Waals surface area contributed by atoms with Crippen molar-refractivity contribution in [3.8, 4) is 0 Å². The lowest BCUT2D eigenvalue weighted by Gasteiger charge is -1.97. The molecule has 0 unspecified atom stereocenters. The molecule has 0 radical (unpaired) electrons. The van der Waals surface area contributed by atoms with E-state index in [1.54, 1.807) is 0 Å². The fourth-order valence-corrected chi connectivity index (χ4v) is 1.09. The Kier molecular flexibility index (Phi) is 2.71. The van der Waals surface area contributed by atoms with Crippen LogP contribution in [0.2, 0.25) is 0 Å². The first-order chi connectivity index (χ1) is 5.52. The van der Waals surface area contributed by atoms with Crippen molar-refractivity contribution in [2.45, 2.75) is 0 Å². The SMILES string of the molecule is O=C(I)c1cc(F)c(F)cc1F. The highest BCUT2D eigenvalue weighted by molar-refractivity contribution is 14.1. The highest BCUT2D eigenvalue weighted by Crippen LogP contribution is 2.16. The zero-order valence-corrected chi connectivity index (χ0v) is 7.73. The van der Waals surface area contributed by atoms with Crippen LogP contribution in [-0.2, 0) is 0 Å². The second kappa shape index (κ2) is 3.42. The van der Waals surface area contributed by atoms with Gasteiger partial charge in [-0.1, -0.05) is 0 Å². The molecule has 0 heterocycles. The Morgan fingerprint density at radius 2 is 1.58 bits per heavy atom. The number of benzene rings is 1. The van der Waals surface area contributed by atoms with Crippen molar-refractivity contribution < 1.29 is 18.0 Å². The molecule has 0 atom stereocenters. The molecule has 0 fully saturated rings. The topological polar surface area (TPSA) is 17.1 Å². The largest absolute Gasteiger partial charge is 0.282 e. The van der Waals surface area contributed by atoms with Crippen molar-refractivity contribution in [3.63, 3.8) is 0 Å². The van der Waals surface area contributed by atoms with Gasteiger partial charge in [0.15, 0.2) is 11.6 Å². The van der Waals surface area contributed by atoms with Crippen molar-refractivity contribution >= 4 is 26.4 Å². The Hall–Kier alpha value is -0.590. The summed E-state index contributed by atoms with van der Waals surface area (Å²) in [6, 6.07) is 0.890. The first kappa shape index (κ1) is 9.50. The molecule has 0 aliphatic heterocycles. The van der Waals surface area contributed by atoms with Crippen LogP contribution in [0, 0.1) is 17.5 Å². The summed E-state index contributed by atoms with van der Waals surface area (Å²) in [6.45, 7) is 0. The van der Waals surface area contributed by atoms with E-state index in [1.807, 2.05) is 0 Å². The van der Waals surface area contributed by atoms with Crippen LogP contribution in [0.15, 0.2) is 12.1 Å². The number of halogens is 4. The Balaban J connectivity index is 3.33. The number of carbonyl (C=O) groups is 1. The van der Waals surface area contributed by atoms with Gasteiger partial charge in [0.25, 0.3) is 0 Å². The van der Waals surface area contributed by atoms with Gasteiger partial charge in [-0.2, -0.15) is 0 Å². The molecule has 1 aromatic rings. The van der Waals surface area contributed by atoms with Gasteiger partial charge < -0.3 is 0 Å². The Morgan fingerprint density at radius 3 is 2.08 bits per heavy atom. The molecule has 0 amide bonds. The molecule has 12 heavy (non-hydrogen) atoms. The molecule has 0 bridgehead atoms. The molecular formula is C7H2F3IO. The predicted molar refractivity (Wildman–Crippen MR) is 44.7 cm³/mol. The summed E-state index contributed by atoms with van der Waals surface area (Å²) in [4.78, 5) is 10.6. The molecule has 0 aromatic heterocycles. The summed E-state index contributed by atoms with van der Waals surface area (Å²) in [5.41, 5.74) is -0.450. The normalized spacial score (nSPS) is 10.0. The minimum Gasteiger partial charge on any atom is -0.282 e. The van der Waals surface area contributed by atoms with E-state index in [0.29, 0.717) is 12.1 Å². The minimum atomic E-state index is -1.30. The highest BCUT2D eigenvalue weighted by atomic mass is 127. The third kappa shape index (κ3) is 1.77. The van der Waals surface area contributed by atoms with E-state index in [0.717, 1.165) is 0 Å². The van der Waals surface area contributed by atoms with E-state index < -0.39 is 26.8 Å². The highest BCUT2D eigenvalue weighted by Gasteiger charge is 2.13. The van der Waals surface area contributed by atoms with Crippen molar-refractivity contribution in [2.75, 3.05) is 0 Å². The van der Waals surface area contributed by atoms with Gasteiger partial charge in [-0.3, -0.25) is 4.79 Å². The molecule has 0 N–H and O–H groups in total. The van der Waals surface area contributed by atoms with Crippen molar-refractivity contribution in [1.29, 1.82) is 0 Å². The van der Waals surface area contributed by atoms with Crippen LogP contribution in [0.5, 0.6) is 0 Å². The van der Waals surface area contributed by atoms with E-state index in [4.69, 9.17) is 0 Å². The summed E-state index contributed by atoms with van der Waals surface area (Å²) in [6.07, 6.45) is 0. The molecule has 64 valence electrons. The lowest BCUT2D eigenvalue weighted by atomic mass is 10.2. The standard InChI is InChI=1S/C7H2F3IO/c8-4-2-6(10)5(9)1-3(4)7(11)12/h1-2H. The van der Waals surface area contributed by atoms with Gasteiger partial charge in [0, 0.05) is 28.7 Å². The molecule has 1 nitrogen and oxygen atoms in total. The van der Waals surface area contributed by atoms with E-state index >= 15 is 0 Å². The fraction of sp³-hybridized carbons (Fsp3) is 0. The van der Waals surface area contributed by atoms with E-state index in [1.165, 1.54) is 22.6 Å². The van der Waals surface area contributed by atoms with Gasteiger partial charge in [0.2, 0.25) is 3.79 Å².